The third-order valence-corrected chi connectivity index (χ3v) is 10.5. The van der Waals surface area contributed by atoms with Gasteiger partial charge in [0.15, 0.2) is 5.78 Å². The molecule has 11 heteroatoms. The second-order valence-electron chi connectivity index (χ2n) is 12.5. The number of carbonyl (C=O) groups is 3. The van der Waals surface area contributed by atoms with Gasteiger partial charge in [-0.1, -0.05) is 107 Å². The molecular formula is C40H35Cl4N3O4. The van der Waals surface area contributed by atoms with Crippen LogP contribution in [-0.2, 0) is 14.3 Å². The number of likely N-dealkylation sites (tertiary alicyclic amines) is 1. The van der Waals surface area contributed by atoms with Crippen molar-refractivity contribution in [1.29, 1.82) is 0 Å². The minimum absolute atomic E-state index is 0.0103. The Morgan fingerprint density at radius 3 is 1.82 bits per heavy atom. The van der Waals surface area contributed by atoms with Gasteiger partial charge in [0.2, 0.25) is 5.91 Å². The largest absolute Gasteiger partial charge is 0.449 e. The predicted octanol–water partition coefficient (Wildman–Crippen LogP) is 9.21. The first kappa shape index (κ1) is 36.7. The fourth-order valence-electron chi connectivity index (χ4n) is 6.55. The number of benzene rings is 4. The maximum Gasteiger partial charge on any atom is 0.407 e. The third-order valence-electron chi connectivity index (χ3n) is 9.07. The van der Waals surface area contributed by atoms with Gasteiger partial charge in [0.25, 0.3) is 0 Å². The molecule has 262 valence electrons. The number of carbonyl (C=O) groups excluding carboxylic acids is 3. The number of unbranched alkanes of at least 4 members (excludes halogenated alkanes) is 1. The van der Waals surface area contributed by atoms with Crippen LogP contribution in [0.15, 0.2) is 96.1 Å². The Morgan fingerprint density at radius 1 is 0.784 bits per heavy atom. The number of amides is 2. The van der Waals surface area contributed by atoms with Gasteiger partial charge in [-0.2, -0.15) is 0 Å². The van der Waals surface area contributed by atoms with Crippen LogP contribution in [0.5, 0.6) is 0 Å². The molecule has 1 fully saturated rings. The van der Waals surface area contributed by atoms with E-state index in [9.17, 15) is 14.4 Å². The van der Waals surface area contributed by atoms with Crippen molar-refractivity contribution >= 4 is 76.3 Å². The number of alkyl carbamates (subject to hydrolysis) is 1. The van der Waals surface area contributed by atoms with Crippen molar-refractivity contribution in [3.8, 4) is 11.1 Å². The quantitative estimate of drug-likeness (QED) is 0.124. The van der Waals surface area contributed by atoms with Crippen molar-refractivity contribution in [2.45, 2.75) is 31.2 Å². The summed E-state index contributed by atoms with van der Waals surface area (Å²) in [6.45, 7) is 0.568. The number of Topliss-reactive ketones (excluding diaryl/α,β-unsaturated/α-hetero) is 1. The van der Waals surface area contributed by atoms with E-state index in [1.165, 1.54) is 0 Å². The SMILES string of the molecule is NCCCC[C@H](NC(=O)OCC1c2ccccc2-c2ccccc21)C(=O)N1C/C(=C\c2ccc(Cl)c(Cl)c2)C(=O)/C(=C/c2ccc(Cl)c(Cl)c2)C1. The highest BCUT2D eigenvalue weighted by Gasteiger charge is 2.34. The first-order valence-corrected chi connectivity index (χ1v) is 18.1. The minimum Gasteiger partial charge on any atom is -0.449 e. The number of ether oxygens (including phenoxy) is 1. The summed E-state index contributed by atoms with van der Waals surface area (Å²) in [4.78, 5) is 43.1. The Hall–Kier alpha value is -4.11. The van der Waals surface area contributed by atoms with Crippen molar-refractivity contribution in [3.05, 3.63) is 138 Å². The van der Waals surface area contributed by atoms with E-state index in [0.717, 1.165) is 22.3 Å². The number of halogens is 4. The highest BCUT2D eigenvalue weighted by atomic mass is 35.5. The van der Waals surface area contributed by atoms with E-state index in [1.54, 1.807) is 53.5 Å². The van der Waals surface area contributed by atoms with Gasteiger partial charge in [-0.15, -0.1) is 0 Å². The second kappa shape index (κ2) is 16.5. The number of fused-ring (bicyclic) bond motifs is 3. The molecular weight excluding hydrogens is 728 g/mol. The summed E-state index contributed by atoms with van der Waals surface area (Å²) in [6, 6.07) is 25.3. The lowest BCUT2D eigenvalue weighted by molar-refractivity contribution is -0.133. The normalized spacial score (nSPS) is 16.3. The van der Waals surface area contributed by atoms with Crippen LogP contribution in [0.2, 0.25) is 20.1 Å². The molecule has 3 N–H and O–H groups in total. The van der Waals surface area contributed by atoms with Crippen molar-refractivity contribution in [3.63, 3.8) is 0 Å². The van der Waals surface area contributed by atoms with Crippen LogP contribution >= 0.6 is 46.4 Å². The summed E-state index contributed by atoms with van der Waals surface area (Å²) in [5.74, 6) is -0.723. The molecule has 0 spiro atoms. The van der Waals surface area contributed by atoms with E-state index in [-0.39, 0.29) is 37.3 Å². The zero-order valence-corrected chi connectivity index (χ0v) is 30.5. The smallest absolute Gasteiger partial charge is 0.407 e. The molecule has 4 aromatic rings. The molecule has 2 amide bonds. The van der Waals surface area contributed by atoms with Gasteiger partial charge in [-0.05, 0) is 95.6 Å². The molecule has 2 aliphatic rings. The highest BCUT2D eigenvalue weighted by Crippen LogP contribution is 2.44. The topological polar surface area (TPSA) is 102 Å². The average Bonchev–Trinajstić information content (AvgIpc) is 3.45. The van der Waals surface area contributed by atoms with Crippen molar-refractivity contribution in [2.24, 2.45) is 5.73 Å². The summed E-state index contributed by atoms with van der Waals surface area (Å²) < 4.78 is 5.80. The Labute approximate surface area is 317 Å². The van der Waals surface area contributed by atoms with Gasteiger partial charge in [0.1, 0.15) is 12.6 Å². The van der Waals surface area contributed by atoms with Crippen LogP contribution in [0.1, 0.15) is 47.4 Å². The Balaban J connectivity index is 1.25. The van der Waals surface area contributed by atoms with E-state index in [2.05, 4.69) is 17.4 Å². The number of nitrogens with two attached hydrogens (primary N) is 1. The zero-order valence-electron chi connectivity index (χ0n) is 27.5. The first-order chi connectivity index (χ1) is 24.6. The minimum atomic E-state index is -0.919. The number of ketones is 1. The Morgan fingerprint density at radius 2 is 1.31 bits per heavy atom. The van der Waals surface area contributed by atoms with Crippen LogP contribution in [0.4, 0.5) is 4.79 Å². The monoisotopic (exact) mass is 761 g/mol. The molecule has 1 aliphatic carbocycles. The standard InChI is InChI=1S/C40H35Cl4N3O4/c41-33-14-12-24(19-35(33)43)17-26-21-47(22-27(38(26)48)18-25-13-15-34(42)36(44)20-25)39(49)37(11-5-6-16-45)46-40(50)51-23-32-30-9-3-1-7-28(30)29-8-2-4-10-31(29)32/h1-4,7-10,12-15,17-20,32,37H,5-6,11,16,21-23,45H2,(H,46,50)/b26-17+,27-18+/t37-/m0/s1. The summed E-state index contributed by atoms with van der Waals surface area (Å²) in [7, 11) is 0. The van der Waals surface area contributed by atoms with E-state index in [1.807, 2.05) is 36.4 Å². The van der Waals surface area contributed by atoms with Gasteiger partial charge >= 0.3 is 6.09 Å². The van der Waals surface area contributed by atoms with Crippen LogP contribution in [0.25, 0.3) is 23.3 Å². The Bertz CT molecular complexity index is 1930. The highest BCUT2D eigenvalue weighted by molar-refractivity contribution is 6.42. The predicted molar refractivity (Wildman–Crippen MR) is 205 cm³/mol. The van der Waals surface area contributed by atoms with Crippen molar-refractivity contribution in [2.75, 3.05) is 26.2 Å². The molecule has 0 radical (unpaired) electrons. The van der Waals surface area contributed by atoms with Crippen molar-refractivity contribution in [1.82, 2.24) is 10.2 Å². The molecule has 0 aromatic heterocycles. The maximum atomic E-state index is 14.3. The lowest BCUT2D eigenvalue weighted by Crippen LogP contribution is -2.52. The molecule has 4 aromatic carbocycles. The molecule has 1 atom stereocenters. The van der Waals surface area contributed by atoms with E-state index < -0.39 is 12.1 Å². The van der Waals surface area contributed by atoms with E-state index in [0.29, 0.717) is 68.2 Å². The van der Waals surface area contributed by atoms with E-state index in [4.69, 9.17) is 56.9 Å². The molecule has 6 rings (SSSR count). The number of rotatable bonds is 10. The second-order valence-corrected chi connectivity index (χ2v) is 14.1. The van der Waals surface area contributed by atoms with Crippen LogP contribution in [0.3, 0.4) is 0 Å². The molecule has 51 heavy (non-hydrogen) atoms. The van der Waals surface area contributed by atoms with Gasteiger partial charge in [0.05, 0.1) is 20.1 Å². The van der Waals surface area contributed by atoms with Gasteiger partial charge < -0.3 is 20.7 Å². The van der Waals surface area contributed by atoms with Gasteiger partial charge in [-0.3, -0.25) is 9.59 Å². The van der Waals surface area contributed by atoms with Crippen LogP contribution in [0, 0.1) is 0 Å². The van der Waals surface area contributed by atoms with Crippen molar-refractivity contribution < 1.29 is 19.1 Å². The van der Waals surface area contributed by atoms with E-state index >= 15 is 0 Å². The number of nitrogens with zero attached hydrogens (tertiary/aromatic N) is 1. The molecule has 1 saturated heterocycles. The first-order valence-electron chi connectivity index (χ1n) is 16.6. The fraction of sp³-hybridized carbons (Fsp3) is 0.225. The van der Waals surface area contributed by atoms with Gasteiger partial charge in [0, 0.05) is 30.2 Å². The lowest BCUT2D eigenvalue weighted by Gasteiger charge is -2.33. The fourth-order valence-corrected chi connectivity index (χ4v) is 7.17. The number of hydrogen-bond donors (Lipinski definition) is 2. The summed E-state index contributed by atoms with van der Waals surface area (Å²) in [6.07, 6.45) is 4.28. The molecule has 7 nitrogen and oxygen atoms in total. The molecule has 0 unspecified atom stereocenters. The molecule has 0 saturated carbocycles. The molecule has 1 aliphatic heterocycles. The lowest BCUT2D eigenvalue weighted by atomic mass is 9.93. The van der Waals surface area contributed by atoms with Crippen LogP contribution < -0.4 is 11.1 Å². The summed E-state index contributed by atoms with van der Waals surface area (Å²) >= 11 is 24.8. The zero-order chi connectivity index (χ0) is 36.1. The van der Waals surface area contributed by atoms with Gasteiger partial charge in [-0.25, -0.2) is 4.79 Å². The third kappa shape index (κ3) is 8.52. The number of hydrogen-bond acceptors (Lipinski definition) is 5. The summed E-state index contributed by atoms with van der Waals surface area (Å²) in [5, 5.41) is 4.26. The summed E-state index contributed by atoms with van der Waals surface area (Å²) in [5.41, 5.74) is 12.2. The maximum absolute atomic E-state index is 14.3. The molecule has 0 bridgehead atoms. The number of nitrogens with one attached hydrogen (secondary N) is 1. The Kier molecular flexibility index (Phi) is 11.9. The average molecular weight is 764 g/mol. The molecule has 1 heterocycles. The van der Waals surface area contributed by atoms with Crippen LogP contribution in [-0.4, -0.2) is 55.0 Å². The number of piperidine rings is 1.